The molecule has 0 bridgehead atoms. The normalized spacial score (nSPS) is 11.8. The first-order valence-electron chi connectivity index (χ1n) is 8.74. The van der Waals surface area contributed by atoms with Gasteiger partial charge in [0.1, 0.15) is 5.75 Å². The minimum absolute atomic E-state index is 0.357. The van der Waals surface area contributed by atoms with Gasteiger partial charge in [-0.05, 0) is 49.2 Å². The van der Waals surface area contributed by atoms with Gasteiger partial charge in [-0.25, -0.2) is 0 Å². The average molecular weight is 333 g/mol. The Bertz CT molecular complexity index is 999. The number of para-hydroxylation sites is 1. The van der Waals surface area contributed by atoms with Gasteiger partial charge in [0.05, 0.1) is 0 Å². The van der Waals surface area contributed by atoms with Crippen LogP contribution in [0.4, 0.5) is 0 Å². The lowest BCUT2D eigenvalue weighted by Gasteiger charge is -2.16. The lowest BCUT2D eigenvalue weighted by Crippen LogP contribution is -2.23. The molecule has 4 nitrogen and oxygen atoms in total. The van der Waals surface area contributed by atoms with Gasteiger partial charge in [0.2, 0.25) is 0 Å². The molecule has 3 N–H and O–H groups in total. The van der Waals surface area contributed by atoms with Crippen LogP contribution < -0.4 is 0 Å². The van der Waals surface area contributed by atoms with Crippen molar-refractivity contribution in [2.45, 2.75) is 12.8 Å². The zero-order valence-corrected chi connectivity index (χ0v) is 14.4. The van der Waals surface area contributed by atoms with E-state index in [0.29, 0.717) is 5.75 Å². The average Bonchev–Trinajstić information content (AvgIpc) is 3.23. The number of phenolic OH excluding ortho intramolecular Hbond substituents is 1. The molecule has 0 saturated carbocycles. The second kappa shape index (κ2) is 6.65. The van der Waals surface area contributed by atoms with E-state index in [2.05, 4.69) is 52.4 Å². The van der Waals surface area contributed by atoms with E-state index in [0.717, 1.165) is 36.8 Å². The summed E-state index contributed by atoms with van der Waals surface area (Å²) in [5, 5.41) is 12.4. The van der Waals surface area contributed by atoms with Gasteiger partial charge in [-0.1, -0.05) is 24.3 Å². The number of likely N-dealkylation sites (N-methyl/N-ethyl adjacent to an activating group) is 1. The molecule has 4 aromatic rings. The number of fused-ring (bicyclic) bond motifs is 2. The first-order valence-corrected chi connectivity index (χ1v) is 8.74. The van der Waals surface area contributed by atoms with Gasteiger partial charge in [0, 0.05) is 47.3 Å². The van der Waals surface area contributed by atoms with Crippen molar-refractivity contribution in [3.8, 4) is 5.75 Å². The summed E-state index contributed by atoms with van der Waals surface area (Å²) >= 11 is 0. The van der Waals surface area contributed by atoms with E-state index in [1.54, 1.807) is 6.07 Å². The Morgan fingerprint density at radius 1 is 0.840 bits per heavy atom. The van der Waals surface area contributed by atoms with E-state index < -0.39 is 0 Å². The Labute approximate surface area is 147 Å². The number of H-pyrrole nitrogens is 2. The third kappa shape index (κ3) is 3.13. The molecule has 0 radical (unpaired) electrons. The second-order valence-corrected chi connectivity index (χ2v) is 6.68. The van der Waals surface area contributed by atoms with Crippen molar-refractivity contribution in [2.75, 3.05) is 20.1 Å². The van der Waals surface area contributed by atoms with Crippen molar-refractivity contribution in [1.82, 2.24) is 14.9 Å². The highest BCUT2D eigenvalue weighted by Crippen LogP contribution is 2.27. The van der Waals surface area contributed by atoms with Crippen molar-refractivity contribution >= 4 is 21.8 Å². The Hall–Kier alpha value is -2.72. The predicted octanol–water partition coefficient (Wildman–Crippen LogP) is 4.07. The lowest BCUT2D eigenvalue weighted by atomic mass is 10.1. The van der Waals surface area contributed by atoms with Crippen LogP contribution in [-0.2, 0) is 12.8 Å². The number of phenols is 1. The quantitative estimate of drug-likeness (QED) is 0.498. The number of nitrogens with one attached hydrogen (secondary N) is 2. The van der Waals surface area contributed by atoms with Crippen molar-refractivity contribution in [3.63, 3.8) is 0 Å². The van der Waals surface area contributed by atoms with Crippen LogP contribution in [0.25, 0.3) is 21.8 Å². The van der Waals surface area contributed by atoms with Crippen LogP contribution >= 0.6 is 0 Å². The van der Waals surface area contributed by atoms with Gasteiger partial charge in [-0.3, -0.25) is 0 Å². The van der Waals surface area contributed by atoms with Gasteiger partial charge in [-0.15, -0.1) is 0 Å². The molecule has 0 aliphatic carbocycles. The molecule has 0 saturated heterocycles. The maximum absolute atomic E-state index is 10.1. The third-order valence-corrected chi connectivity index (χ3v) is 4.97. The fourth-order valence-corrected chi connectivity index (χ4v) is 3.50. The molecule has 0 unspecified atom stereocenters. The van der Waals surface area contributed by atoms with Gasteiger partial charge in [0.15, 0.2) is 0 Å². The van der Waals surface area contributed by atoms with Crippen LogP contribution in [0.3, 0.4) is 0 Å². The van der Waals surface area contributed by atoms with Crippen LogP contribution in [0, 0.1) is 0 Å². The van der Waals surface area contributed by atoms with Crippen LogP contribution in [0.2, 0.25) is 0 Å². The Balaban J connectivity index is 1.38. The fraction of sp³-hybridized carbons (Fsp3) is 0.238. The first kappa shape index (κ1) is 15.8. The Kier molecular flexibility index (Phi) is 4.20. The highest BCUT2D eigenvalue weighted by Gasteiger charge is 2.09. The number of nitrogens with zero attached hydrogens (tertiary/aromatic N) is 1. The summed E-state index contributed by atoms with van der Waals surface area (Å²) in [6, 6.07) is 14.1. The Morgan fingerprint density at radius 3 is 2.40 bits per heavy atom. The molecule has 0 atom stereocenters. The zero-order chi connectivity index (χ0) is 17.2. The summed E-state index contributed by atoms with van der Waals surface area (Å²) in [6.07, 6.45) is 6.08. The standard InChI is InChI=1S/C21H23N3O/c1-24(11-9-15-13-22-18-6-3-2-5-17(15)18)12-10-16-14-23-19-7-4-8-20(25)21(16)19/h2-8,13-14,22-23,25H,9-12H2,1H3. The molecular formula is C21H23N3O. The SMILES string of the molecule is CN(CCc1c[nH]c2ccccc12)CCc1c[nH]c2cccc(O)c12. The third-order valence-electron chi connectivity index (χ3n) is 4.97. The van der Waals surface area contributed by atoms with Crippen LogP contribution in [-0.4, -0.2) is 40.1 Å². The van der Waals surface area contributed by atoms with Crippen molar-refractivity contribution in [1.29, 1.82) is 0 Å². The molecule has 0 spiro atoms. The summed E-state index contributed by atoms with van der Waals surface area (Å²) in [5.41, 5.74) is 4.74. The monoisotopic (exact) mass is 333 g/mol. The second-order valence-electron chi connectivity index (χ2n) is 6.68. The van der Waals surface area contributed by atoms with Crippen LogP contribution in [0.15, 0.2) is 54.9 Å². The molecule has 2 aromatic heterocycles. The molecule has 2 heterocycles. The largest absolute Gasteiger partial charge is 0.507 e. The maximum atomic E-state index is 10.1. The number of aromatic amines is 2. The number of hydrogen-bond acceptors (Lipinski definition) is 2. The van der Waals surface area contributed by atoms with E-state index in [1.165, 1.54) is 22.0 Å². The molecule has 2 aromatic carbocycles. The molecule has 128 valence electrons. The summed E-state index contributed by atoms with van der Waals surface area (Å²) in [5.74, 6) is 0.357. The molecule has 0 fully saturated rings. The van der Waals surface area contributed by atoms with Crippen molar-refractivity contribution in [2.24, 2.45) is 0 Å². The number of aromatic hydroxyl groups is 1. The molecule has 4 rings (SSSR count). The zero-order valence-electron chi connectivity index (χ0n) is 14.4. The maximum Gasteiger partial charge on any atom is 0.125 e. The molecular weight excluding hydrogens is 310 g/mol. The topological polar surface area (TPSA) is 55.0 Å². The highest BCUT2D eigenvalue weighted by molar-refractivity contribution is 5.89. The van der Waals surface area contributed by atoms with Crippen LogP contribution in [0.5, 0.6) is 5.75 Å². The number of benzene rings is 2. The minimum atomic E-state index is 0.357. The Morgan fingerprint density at radius 2 is 1.52 bits per heavy atom. The molecule has 4 heteroatoms. The van der Waals surface area contributed by atoms with Crippen molar-refractivity contribution in [3.05, 3.63) is 66.0 Å². The summed E-state index contributed by atoms with van der Waals surface area (Å²) in [7, 11) is 2.16. The molecule has 25 heavy (non-hydrogen) atoms. The summed E-state index contributed by atoms with van der Waals surface area (Å²) < 4.78 is 0. The van der Waals surface area contributed by atoms with E-state index in [9.17, 15) is 5.11 Å². The number of rotatable bonds is 6. The van der Waals surface area contributed by atoms with E-state index in [4.69, 9.17) is 0 Å². The van der Waals surface area contributed by atoms with Gasteiger partial charge < -0.3 is 20.0 Å². The van der Waals surface area contributed by atoms with E-state index in [1.807, 2.05) is 18.3 Å². The fourth-order valence-electron chi connectivity index (χ4n) is 3.50. The molecule has 0 aliphatic rings. The minimum Gasteiger partial charge on any atom is -0.507 e. The van der Waals surface area contributed by atoms with Crippen LogP contribution in [0.1, 0.15) is 11.1 Å². The van der Waals surface area contributed by atoms with Crippen molar-refractivity contribution < 1.29 is 5.11 Å². The van der Waals surface area contributed by atoms with E-state index in [-0.39, 0.29) is 0 Å². The smallest absolute Gasteiger partial charge is 0.125 e. The van der Waals surface area contributed by atoms with Gasteiger partial charge in [0.25, 0.3) is 0 Å². The summed E-state index contributed by atoms with van der Waals surface area (Å²) in [6.45, 7) is 1.97. The number of aromatic nitrogens is 2. The molecule has 0 amide bonds. The van der Waals surface area contributed by atoms with Gasteiger partial charge >= 0.3 is 0 Å². The lowest BCUT2D eigenvalue weighted by molar-refractivity contribution is 0.343. The molecule has 0 aliphatic heterocycles. The van der Waals surface area contributed by atoms with E-state index >= 15 is 0 Å². The summed E-state index contributed by atoms with van der Waals surface area (Å²) in [4.78, 5) is 8.93. The van der Waals surface area contributed by atoms with Gasteiger partial charge in [-0.2, -0.15) is 0 Å². The highest BCUT2D eigenvalue weighted by atomic mass is 16.3. The number of hydrogen-bond donors (Lipinski definition) is 3. The first-order chi connectivity index (χ1) is 12.2. The predicted molar refractivity (Wildman–Crippen MR) is 103 cm³/mol.